The van der Waals surface area contributed by atoms with Crippen LogP contribution in [0.4, 0.5) is 0 Å². The van der Waals surface area contributed by atoms with E-state index in [4.69, 9.17) is 10.2 Å². The van der Waals surface area contributed by atoms with Crippen LogP contribution in [0.5, 0.6) is 0 Å². The molecule has 0 saturated carbocycles. The van der Waals surface area contributed by atoms with Crippen molar-refractivity contribution in [1.82, 2.24) is 0 Å². The van der Waals surface area contributed by atoms with E-state index in [-0.39, 0.29) is 0 Å². The summed E-state index contributed by atoms with van der Waals surface area (Å²) >= 11 is 0. The molecule has 0 aliphatic heterocycles. The highest BCUT2D eigenvalue weighted by Crippen LogP contribution is 1.80. The summed E-state index contributed by atoms with van der Waals surface area (Å²) < 4.78 is 0. The Kier molecular flexibility index (Phi) is 27.6. The third-order valence-corrected chi connectivity index (χ3v) is 1.68. The van der Waals surface area contributed by atoms with Gasteiger partial charge < -0.3 is 10.2 Å². The number of aliphatic carboxylic acids is 2. The second-order valence-corrected chi connectivity index (χ2v) is 4.10. The van der Waals surface area contributed by atoms with E-state index in [0.29, 0.717) is 0 Å². The van der Waals surface area contributed by atoms with Crippen LogP contribution in [0, 0.1) is 0 Å². The van der Waals surface area contributed by atoms with Gasteiger partial charge in [-0.05, 0) is 0 Å². The highest BCUT2D eigenvalue weighted by atomic mass is 16.4. The van der Waals surface area contributed by atoms with E-state index in [1.807, 2.05) is 72.8 Å². The summed E-state index contributed by atoms with van der Waals surface area (Å²) in [5.41, 5.74) is 0. The Bertz CT molecular complexity index is 419. The van der Waals surface area contributed by atoms with Crippen LogP contribution in [-0.4, -0.2) is 22.2 Å². The van der Waals surface area contributed by atoms with Crippen molar-refractivity contribution in [3.63, 3.8) is 0 Å². The van der Waals surface area contributed by atoms with Gasteiger partial charge in [-0.2, -0.15) is 0 Å². The van der Waals surface area contributed by atoms with Gasteiger partial charge in [0.2, 0.25) is 0 Å². The lowest BCUT2D eigenvalue weighted by Gasteiger charge is -1.69. The fourth-order valence-electron chi connectivity index (χ4n) is 0.770. The summed E-state index contributed by atoms with van der Waals surface area (Å²) in [6, 6.07) is 24.0. The van der Waals surface area contributed by atoms with E-state index in [9.17, 15) is 9.59 Å². The quantitative estimate of drug-likeness (QED) is 0.725. The van der Waals surface area contributed by atoms with E-state index in [2.05, 4.69) is 27.0 Å². The van der Waals surface area contributed by atoms with E-state index in [1.165, 1.54) is 6.42 Å². The number of rotatable bonds is 2. The molecular formula is C21H28O4. The maximum absolute atomic E-state index is 9.25. The molecule has 0 fully saturated rings. The summed E-state index contributed by atoms with van der Waals surface area (Å²) in [5.74, 6) is -1.96. The molecule has 0 atom stereocenters. The smallest absolute Gasteiger partial charge is 0.327 e. The van der Waals surface area contributed by atoms with Gasteiger partial charge in [-0.15, -0.1) is 0 Å². The largest absolute Gasteiger partial charge is 0.478 e. The van der Waals surface area contributed by atoms with Crippen LogP contribution in [0.1, 0.15) is 20.3 Å². The maximum Gasteiger partial charge on any atom is 0.327 e. The number of carboxylic acid groups (broad SMARTS) is 2. The van der Waals surface area contributed by atoms with Crippen molar-refractivity contribution < 1.29 is 19.8 Å². The topological polar surface area (TPSA) is 74.6 Å². The zero-order valence-corrected chi connectivity index (χ0v) is 14.9. The number of carbonyl (C=O) groups is 2. The average molecular weight is 344 g/mol. The van der Waals surface area contributed by atoms with Gasteiger partial charge >= 0.3 is 11.9 Å². The molecule has 0 spiro atoms. The predicted octanol–water partition coefficient (Wildman–Crippen LogP) is 5.30. The molecule has 0 amide bonds. The van der Waals surface area contributed by atoms with E-state index < -0.39 is 11.9 Å². The second-order valence-electron chi connectivity index (χ2n) is 4.10. The SMILES string of the molecule is C=CC(=O)O.C=CC(=O)O.CCC.c1ccccc1.c1ccccc1. The van der Waals surface area contributed by atoms with Crippen LogP contribution in [0.3, 0.4) is 0 Å². The van der Waals surface area contributed by atoms with Crippen molar-refractivity contribution in [3.05, 3.63) is 98.1 Å². The standard InChI is InChI=1S/2C6H6.2C3H4O2.C3H8/c2*1-2-4-6-5-3-1;2*1-2-3(4)5;1-3-2/h2*1-6H;2*2H,1H2,(H,4,5);3H2,1-2H3. The fraction of sp³-hybridized carbons (Fsp3) is 0.143. The molecular weight excluding hydrogens is 316 g/mol. The number of benzene rings is 2. The van der Waals surface area contributed by atoms with Crippen molar-refractivity contribution in [2.75, 3.05) is 0 Å². The molecule has 0 unspecified atom stereocenters. The molecule has 0 radical (unpaired) electrons. The zero-order chi connectivity index (χ0) is 19.8. The Morgan fingerprint density at radius 3 is 0.760 bits per heavy atom. The van der Waals surface area contributed by atoms with Crippen molar-refractivity contribution in [2.45, 2.75) is 20.3 Å². The van der Waals surface area contributed by atoms with Crippen molar-refractivity contribution in [1.29, 1.82) is 0 Å². The molecule has 0 aromatic heterocycles. The summed E-state index contributed by atoms with van der Waals surface area (Å²) in [4.78, 5) is 18.5. The van der Waals surface area contributed by atoms with Gasteiger partial charge in [0.15, 0.2) is 0 Å². The monoisotopic (exact) mass is 344 g/mol. The molecule has 4 nitrogen and oxygen atoms in total. The molecule has 0 saturated heterocycles. The van der Waals surface area contributed by atoms with Crippen LogP contribution in [0.2, 0.25) is 0 Å². The minimum Gasteiger partial charge on any atom is -0.478 e. The number of carboxylic acids is 2. The van der Waals surface area contributed by atoms with Crippen molar-refractivity contribution >= 4 is 11.9 Å². The molecule has 2 aromatic rings. The van der Waals surface area contributed by atoms with Gasteiger partial charge in [0.1, 0.15) is 0 Å². The minimum atomic E-state index is -0.981. The molecule has 136 valence electrons. The molecule has 0 heterocycles. The summed E-state index contributed by atoms with van der Waals surface area (Å²) in [5, 5.41) is 15.2. The number of hydrogen-bond donors (Lipinski definition) is 2. The minimum absolute atomic E-state index is 0.833. The summed E-state index contributed by atoms with van der Waals surface area (Å²) in [6.07, 6.45) is 2.92. The lowest BCUT2D eigenvalue weighted by Crippen LogP contribution is -1.82. The van der Waals surface area contributed by atoms with Crippen LogP contribution >= 0.6 is 0 Å². The lowest BCUT2D eigenvalue weighted by molar-refractivity contribution is -0.132. The third kappa shape index (κ3) is 44.9. The van der Waals surface area contributed by atoms with Gasteiger partial charge in [0, 0.05) is 12.2 Å². The molecule has 0 bridgehead atoms. The van der Waals surface area contributed by atoms with Crippen LogP contribution in [-0.2, 0) is 9.59 Å². The molecule has 0 aliphatic carbocycles. The van der Waals surface area contributed by atoms with E-state index in [1.54, 1.807) is 0 Å². The van der Waals surface area contributed by atoms with E-state index >= 15 is 0 Å². The summed E-state index contributed by atoms with van der Waals surface area (Å²) in [7, 11) is 0. The Hall–Kier alpha value is -3.14. The second kappa shape index (κ2) is 25.8. The predicted molar refractivity (Wildman–Crippen MR) is 105 cm³/mol. The van der Waals surface area contributed by atoms with Crippen molar-refractivity contribution in [3.8, 4) is 0 Å². The first-order valence-electron chi connectivity index (χ1n) is 7.66. The first kappa shape index (κ1) is 26.7. The van der Waals surface area contributed by atoms with Gasteiger partial charge in [0.25, 0.3) is 0 Å². The Balaban J connectivity index is -0.000000247. The maximum atomic E-state index is 9.25. The lowest BCUT2D eigenvalue weighted by atomic mass is 10.4. The van der Waals surface area contributed by atoms with E-state index in [0.717, 1.165) is 12.2 Å². The Morgan fingerprint density at radius 1 is 0.640 bits per heavy atom. The first-order valence-corrected chi connectivity index (χ1v) is 7.66. The molecule has 4 heteroatoms. The van der Waals surface area contributed by atoms with Crippen molar-refractivity contribution in [2.24, 2.45) is 0 Å². The fourth-order valence-corrected chi connectivity index (χ4v) is 0.770. The van der Waals surface area contributed by atoms with Gasteiger partial charge in [0.05, 0.1) is 0 Å². The normalized spacial score (nSPS) is 7.12. The van der Waals surface area contributed by atoms with Crippen LogP contribution in [0.15, 0.2) is 98.1 Å². The van der Waals surface area contributed by atoms with Crippen LogP contribution in [0.25, 0.3) is 0 Å². The Morgan fingerprint density at radius 2 is 0.720 bits per heavy atom. The molecule has 2 N–H and O–H groups in total. The molecule has 0 aliphatic rings. The molecule has 2 rings (SSSR count). The number of hydrogen-bond acceptors (Lipinski definition) is 2. The molecule has 25 heavy (non-hydrogen) atoms. The van der Waals surface area contributed by atoms with Gasteiger partial charge in [-0.1, -0.05) is 106 Å². The van der Waals surface area contributed by atoms with Gasteiger partial charge in [-0.25, -0.2) is 9.59 Å². The highest BCUT2D eigenvalue weighted by molar-refractivity contribution is 5.79. The average Bonchev–Trinajstić information content (AvgIpc) is 2.66. The third-order valence-electron chi connectivity index (χ3n) is 1.68. The highest BCUT2D eigenvalue weighted by Gasteiger charge is 1.73. The first-order chi connectivity index (χ1) is 12.0. The molecule has 2 aromatic carbocycles. The van der Waals surface area contributed by atoms with Crippen LogP contribution < -0.4 is 0 Å². The summed E-state index contributed by atoms with van der Waals surface area (Å²) in [6.45, 7) is 10.2. The zero-order valence-electron chi connectivity index (χ0n) is 14.9. The van der Waals surface area contributed by atoms with Gasteiger partial charge in [-0.3, -0.25) is 0 Å². The Labute approximate surface area is 150 Å².